The highest BCUT2D eigenvalue weighted by atomic mass is 35.5. The van der Waals surface area contributed by atoms with E-state index in [9.17, 15) is 9.59 Å². The molecule has 0 aliphatic carbocycles. The van der Waals surface area contributed by atoms with E-state index in [-0.39, 0.29) is 30.4 Å². The number of aliphatic hydroxyl groups excluding tert-OH is 1. The zero-order chi connectivity index (χ0) is 34.2. The fourth-order valence-electron chi connectivity index (χ4n) is 4.99. The average molecular weight is 686 g/mol. The normalized spacial score (nSPS) is 17.4. The molecule has 1 heterocycles. The lowest BCUT2D eigenvalue weighted by Gasteiger charge is -2.31. The van der Waals surface area contributed by atoms with Crippen LogP contribution < -0.4 is 20.5 Å². The van der Waals surface area contributed by atoms with Crippen molar-refractivity contribution in [2.24, 2.45) is 4.99 Å². The highest BCUT2D eigenvalue weighted by molar-refractivity contribution is 6.35. The number of esters is 1. The minimum absolute atomic E-state index is 0.0302. The van der Waals surface area contributed by atoms with Crippen LogP contribution in [-0.4, -0.2) is 61.3 Å². The van der Waals surface area contributed by atoms with Crippen molar-refractivity contribution in [3.05, 3.63) is 93.5 Å². The summed E-state index contributed by atoms with van der Waals surface area (Å²) in [4.78, 5) is 34.2. The van der Waals surface area contributed by atoms with Gasteiger partial charge in [0, 0.05) is 66.9 Å². The Hall–Kier alpha value is -3.83. The van der Waals surface area contributed by atoms with Crippen molar-refractivity contribution in [1.29, 1.82) is 0 Å². The molecule has 0 radical (unpaired) electrons. The van der Waals surface area contributed by atoms with Crippen LogP contribution in [0.1, 0.15) is 62.8 Å². The van der Waals surface area contributed by atoms with Gasteiger partial charge in [-0.3, -0.25) is 15.0 Å². The molecular formula is C35H42Cl2N4O6. The van der Waals surface area contributed by atoms with Crippen molar-refractivity contribution in [1.82, 2.24) is 10.9 Å². The van der Waals surface area contributed by atoms with Crippen molar-refractivity contribution in [3.8, 4) is 5.75 Å². The minimum Gasteiger partial charge on any atom is -0.494 e. The lowest BCUT2D eigenvalue weighted by molar-refractivity contribution is -0.155. The average Bonchev–Trinajstić information content (AvgIpc) is 3.40. The van der Waals surface area contributed by atoms with E-state index in [0.29, 0.717) is 41.5 Å². The molecule has 0 unspecified atom stereocenters. The number of rotatable bonds is 14. The molecule has 0 saturated heterocycles. The molecule has 3 aromatic carbocycles. The Bertz CT molecular complexity index is 1560. The van der Waals surface area contributed by atoms with Gasteiger partial charge in [0.25, 0.3) is 5.91 Å². The molecule has 0 bridgehead atoms. The third-order valence-electron chi connectivity index (χ3n) is 7.35. The molecule has 1 amide bonds. The second-order valence-corrected chi connectivity index (χ2v) is 13.3. The summed E-state index contributed by atoms with van der Waals surface area (Å²) in [6.45, 7) is 6.08. The van der Waals surface area contributed by atoms with Crippen LogP contribution in [0, 0.1) is 0 Å². The summed E-state index contributed by atoms with van der Waals surface area (Å²) in [5.41, 5.74) is 6.58. The number of halogens is 2. The number of benzene rings is 3. The van der Waals surface area contributed by atoms with E-state index in [0.717, 1.165) is 11.3 Å². The van der Waals surface area contributed by atoms with Gasteiger partial charge in [0.2, 0.25) is 5.90 Å². The number of aliphatic imine (C=N–C) groups is 1. The van der Waals surface area contributed by atoms with Crippen LogP contribution >= 0.6 is 23.2 Å². The van der Waals surface area contributed by atoms with E-state index in [1.807, 2.05) is 43.3 Å². The van der Waals surface area contributed by atoms with Gasteiger partial charge in [-0.15, -0.1) is 0 Å². The maximum absolute atomic E-state index is 14.3. The summed E-state index contributed by atoms with van der Waals surface area (Å²) < 4.78 is 17.7. The van der Waals surface area contributed by atoms with Gasteiger partial charge in [0.15, 0.2) is 11.6 Å². The maximum Gasteiger partial charge on any atom is 0.306 e. The zero-order valence-electron chi connectivity index (χ0n) is 27.3. The molecule has 47 heavy (non-hydrogen) atoms. The van der Waals surface area contributed by atoms with Crippen LogP contribution in [0.5, 0.6) is 5.75 Å². The Kier molecular flexibility index (Phi) is 12.1. The first-order chi connectivity index (χ1) is 22.3. The monoisotopic (exact) mass is 684 g/mol. The molecule has 12 heteroatoms. The predicted molar refractivity (Wildman–Crippen MR) is 184 cm³/mol. The van der Waals surface area contributed by atoms with Crippen molar-refractivity contribution in [3.63, 3.8) is 0 Å². The van der Waals surface area contributed by atoms with Crippen LogP contribution in [0.3, 0.4) is 0 Å². The Morgan fingerprint density at radius 2 is 1.74 bits per heavy atom. The topological polar surface area (TPSA) is 122 Å². The van der Waals surface area contributed by atoms with Crippen LogP contribution in [0.4, 0.5) is 5.69 Å². The number of ether oxygens (including phenoxy) is 3. The van der Waals surface area contributed by atoms with Crippen LogP contribution in [0.15, 0.2) is 71.7 Å². The Morgan fingerprint density at radius 1 is 1.04 bits per heavy atom. The predicted octanol–water partition coefficient (Wildman–Crippen LogP) is 6.02. The van der Waals surface area contributed by atoms with E-state index in [4.69, 9.17) is 47.5 Å². The summed E-state index contributed by atoms with van der Waals surface area (Å²) in [5, 5.41) is 9.76. The number of nitrogens with zero attached hydrogens (tertiary/aromatic N) is 2. The molecule has 3 N–H and O–H groups in total. The van der Waals surface area contributed by atoms with Gasteiger partial charge in [-0.05, 0) is 81.3 Å². The number of carbonyl (C=O) groups excluding carboxylic acids is 2. The van der Waals surface area contributed by atoms with E-state index in [2.05, 4.69) is 10.9 Å². The van der Waals surface area contributed by atoms with Gasteiger partial charge in [-0.25, -0.2) is 10.4 Å². The van der Waals surface area contributed by atoms with Crippen molar-refractivity contribution in [2.45, 2.75) is 63.8 Å². The van der Waals surface area contributed by atoms with Crippen molar-refractivity contribution in [2.75, 3.05) is 32.2 Å². The number of hydrogen-bond acceptors (Lipinski definition) is 9. The number of hydrogen-bond donors (Lipinski definition) is 3. The summed E-state index contributed by atoms with van der Waals surface area (Å²) in [7, 11) is 3.93. The van der Waals surface area contributed by atoms with Gasteiger partial charge < -0.3 is 24.2 Å². The molecule has 10 nitrogen and oxygen atoms in total. The highest BCUT2D eigenvalue weighted by Gasteiger charge is 2.54. The van der Waals surface area contributed by atoms with Crippen LogP contribution in [-0.2, 0) is 25.6 Å². The van der Waals surface area contributed by atoms with E-state index < -0.39 is 29.1 Å². The van der Waals surface area contributed by atoms with Gasteiger partial charge in [-0.1, -0.05) is 41.4 Å². The Balaban J connectivity index is 1.69. The molecule has 0 spiro atoms. The molecule has 1 aliphatic rings. The molecule has 2 atom stereocenters. The summed E-state index contributed by atoms with van der Waals surface area (Å²) in [6.07, 6.45) is -0.656. The van der Waals surface area contributed by atoms with E-state index in [1.54, 1.807) is 63.2 Å². The van der Waals surface area contributed by atoms with E-state index in [1.165, 1.54) is 0 Å². The standard InChI is InChI=1S/C35H42Cl2N4O6/c1-34(2,3)47-30(43)17-18-35(33(44)40-38-22-23-7-12-26(13-8-23)41(4)5)31(28-16-11-25(36)21-29(28)37)46-32(39-35)24-9-14-27(15-10-24)45-20-6-19-42/h7-16,21,31,38,42H,6,17-20,22H2,1-5H3,(H,40,44)/t31-,35-/m0/s1. The summed E-state index contributed by atoms with van der Waals surface area (Å²) in [6, 6.07) is 19.9. The quantitative estimate of drug-likeness (QED) is 0.107. The van der Waals surface area contributed by atoms with Gasteiger partial charge in [-0.2, -0.15) is 0 Å². The summed E-state index contributed by atoms with van der Waals surface area (Å²) >= 11 is 12.9. The lowest BCUT2D eigenvalue weighted by Crippen LogP contribution is -2.52. The number of amides is 1. The molecule has 1 aliphatic heterocycles. The lowest BCUT2D eigenvalue weighted by atomic mass is 9.83. The molecule has 4 rings (SSSR count). The minimum atomic E-state index is -1.62. The SMILES string of the molecule is CN(C)c1ccc(CNNC(=O)[C@@]2(CCC(=O)OC(C)(C)C)N=C(c3ccc(OCCCO)cc3)O[C@H]2c2ccc(Cl)cc2Cl)cc1. The van der Waals surface area contributed by atoms with Crippen molar-refractivity contribution >= 4 is 46.7 Å². The molecular weight excluding hydrogens is 643 g/mol. The largest absolute Gasteiger partial charge is 0.494 e. The first kappa shape index (κ1) is 36.0. The fourth-order valence-corrected chi connectivity index (χ4v) is 5.50. The van der Waals surface area contributed by atoms with Gasteiger partial charge >= 0.3 is 5.97 Å². The molecule has 0 aromatic heterocycles. The fraction of sp³-hybridized carbons (Fsp3) is 0.400. The number of hydrazine groups is 1. The Morgan fingerprint density at radius 3 is 2.36 bits per heavy atom. The maximum atomic E-state index is 14.3. The molecule has 0 saturated carbocycles. The zero-order valence-corrected chi connectivity index (χ0v) is 28.8. The van der Waals surface area contributed by atoms with Gasteiger partial charge in [0.1, 0.15) is 11.4 Å². The highest BCUT2D eigenvalue weighted by Crippen LogP contribution is 2.45. The molecule has 252 valence electrons. The first-order valence-electron chi connectivity index (χ1n) is 15.4. The number of anilines is 1. The van der Waals surface area contributed by atoms with Crippen LogP contribution in [0.2, 0.25) is 10.0 Å². The second-order valence-electron chi connectivity index (χ2n) is 12.4. The Labute approximate surface area is 286 Å². The van der Waals surface area contributed by atoms with Crippen LogP contribution in [0.25, 0.3) is 0 Å². The number of aliphatic hydroxyl groups is 1. The second kappa shape index (κ2) is 15.8. The third kappa shape index (κ3) is 9.60. The van der Waals surface area contributed by atoms with E-state index >= 15 is 0 Å². The molecule has 3 aromatic rings. The molecule has 0 fully saturated rings. The van der Waals surface area contributed by atoms with Gasteiger partial charge in [0.05, 0.1) is 6.61 Å². The number of nitrogens with one attached hydrogen (secondary N) is 2. The smallest absolute Gasteiger partial charge is 0.306 e. The third-order valence-corrected chi connectivity index (χ3v) is 7.91. The summed E-state index contributed by atoms with van der Waals surface area (Å²) in [5.74, 6) is -0.190. The first-order valence-corrected chi connectivity index (χ1v) is 16.1. The van der Waals surface area contributed by atoms with Crippen molar-refractivity contribution < 1.29 is 28.9 Å². The number of carbonyl (C=O) groups is 2.